The van der Waals surface area contributed by atoms with E-state index >= 15 is 0 Å². The van der Waals surface area contributed by atoms with Crippen LogP contribution in [0.4, 0.5) is 0 Å². The van der Waals surface area contributed by atoms with Crippen LogP contribution >= 0.6 is 0 Å². The standard InChI is InChI=1S/C7H10O3.Zn/c1-3-4-10-5-6(2)7(8)9;/h3H,1-2,4-5H2,(H,8,9);. The number of rotatable bonds is 5. The molecule has 3 nitrogen and oxygen atoms in total. The summed E-state index contributed by atoms with van der Waals surface area (Å²) in [4.78, 5) is 10.1. The number of carboxylic acids is 1. The molecule has 58 valence electrons. The maximum Gasteiger partial charge on any atom is 0.333 e. The molecule has 0 aromatic rings. The molecule has 0 atom stereocenters. The van der Waals surface area contributed by atoms with Gasteiger partial charge in [0.2, 0.25) is 0 Å². The molecule has 0 saturated carbocycles. The summed E-state index contributed by atoms with van der Waals surface area (Å²) in [5.41, 5.74) is 0.0573. The summed E-state index contributed by atoms with van der Waals surface area (Å²) in [5.74, 6) is -1.02. The van der Waals surface area contributed by atoms with Gasteiger partial charge in [-0.2, -0.15) is 0 Å². The van der Waals surface area contributed by atoms with Crippen LogP contribution in [-0.4, -0.2) is 24.3 Å². The van der Waals surface area contributed by atoms with Crippen molar-refractivity contribution < 1.29 is 34.1 Å². The van der Waals surface area contributed by atoms with E-state index in [4.69, 9.17) is 9.84 Å². The van der Waals surface area contributed by atoms with Crippen molar-refractivity contribution in [1.82, 2.24) is 0 Å². The monoisotopic (exact) mass is 206 g/mol. The normalized spacial score (nSPS) is 8.00. The first kappa shape index (κ1) is 13.1. The largest absolute Gasteiger partial charge is 0.478 e. The third kappa shape index (κ3) is 7.43. The van der Waals surface area contributed by atoms with Crippen LogP contribution in [0, 0.1) is 0 Å². The predicted molar refractivity (Wildman–Crippen MR) is 37.8 cm³/mol. The molecule has 1 N–H and O–H groups in total. The molecule has 0 amide bonds. The summed E-state index contributed by atoms with van der Waals surface area (Å²) in [6.07, 6.45) is 1.55. The van der Waals surface area contributed by atoms with Crippen molar-refractivity contribution in [2.45, 2.75) is 0 Å². The molecule has 0 aromatic carbocycles. The number of carbonyl (C=O) groups is 1. The molecule has 0 saturated heterocycles. The molecule has 0 unspecified atom stereocenters. The first-order chi connectivity index (χ1) is 4.68. The van der Waals surface area contributed by atoms with E-state index in [2.05, 4.69) is 13.2 Å². The molecular formula is C7H10O3Zn. The zero-order valence-corrected chi connectivity index (χ0v) is 9.34. The van der Waals surface area contributed by atoms with Crippen LogP contribution < -0.4 is 0 Å². The van der Waals surface area contributed by atoms with Gasteiger partial charge in [0.25, 0.3) is 0 Å². The van der Waals surface area contributed by atoms with Crippen molar-refractivity contribution in [3.63, 3.8) is 0 Å². The molecule has 0 aliphatic rings. The van der Waals surface area contributed by atoms with Gasteiger partial charge < -0.3 is 9.84 Å². The minimum absolute atomic E-state index is 0. The van der Waals surface area contributed by atoms with Crippen LogP contribution in [0.1, 0.15) is 0 Å². The van der Waals surface area contributed by atoms with Gasteiger partial charge in [-0.1, -0.05) is 12.7 Å². The Labute approximate surface area is 78.5 Å². The van der Waals surface area contributed by atoms with Gasteiger partial charge in [0.05, 0.1) is 18.8 Å². The van der Waals surface area contributed by atoms with Gasteiger partial charge >= 0.3 is 5.97 Å². The zero-order valence-electron chi connectivity index (χ0n) is 6.38. The van der Waals surface area contributed by atoms with Gasteiger partial charge in [-0.15, -0.1) is 6.58 Å². The van der Waals surface area contributed by atoms with E-state index in [1.54, 1.807) is 6.08 Å². The predicted octanol–water partition coefficient (Wildman–Crippen LogP) is 0.827. The third-order valence-electron chi connectivity index (χ3n) is 0.814. The molecule has 4 heteroatoms. The van der Waals surface area contributed by atoms with Crippen molar-refractivity contribution in [3.05, 3.63) is 24.8 Å². The average molecular weight is 208 g/mol. The van der Waals surface area contributed by atoms with Crippen molar-refractivity contribution in [1.29, 1.82) is 0 Å². The Morgan fingerprint density at radius 1 is 1.64 bits per heavy atom. The van der Waals surface area contributed by atoms with Crippen LogP contribution in [0.2, 0.25) is 0 Å². The molecule has 0 bridgehead atoms. The fourth-order valence-electron chi connectivity index (χ4n) is 0.327. The Bertz CT molecular complexity index is 154. The van der Waals surface area contributed by atoms with Crippen molar-refractivity contribution in [3.8, 4) is 0 Å². The second kappa shape index (κ2) is 7.64. The fraction of sp³-hybridized carbons (Fsp3) is 0.286. The molecule has 0 heterocycles. The maximum absolute atomic E-state index is 10.1. The molecule has 0 aromatic heterocycles. The number of ether oxygens (including phenoxy) is 1. The van der Waals surface area contributed by atoms with Crippen LogP contribution in [0.5, 0.6) is 0 Å². The van der Waals surface area contributed by atoms with Crippen LogP contribution in [0.3, 0.4) is 0 Å². The topological polar surface area (TPSA) is 46.5 Å². The molecule has 0 fully saturated rings. The van der Waals surface area contributed by atoms with E-state index in [-0.39, 0.29) is 31.7 Å². The smallest absolute Gasteiger partial charge is 0.333 e. The van der Waals surface area contributed by atoms with E-state index in [0.717, 1.165) is 0 Å². The van der Waals surface area contributed by atoms with Crippen LogP contribution in [0.25, 0.3) is 0 Å². The molecule has 11 heavy (non-hydrogen) atoms. The molecule has 0 rings (SSSR count). The summed E-state index contributed by atoms with van der Waals surface area (Å²) < 4.78 is 4.81. The number of hydrogen-bond acceptors (Lipinski definition) is 2. The molecular weight excluding hydrogens is 197 g/mol. The Hall–Kier alpha value is -0.467. The summed E-state index contributed by atoms with van der Waals surface area (Å²) in [5, 5.41) is 8.28. The van der Waals surface area contributed by atoms with Gasteiger partial charge in [-0.25, -0.2) is 4.79 Å². The second-order valence-electron chi connectivity index (χ2n) is 1.71. The van der Waals surface area contributed by atoms with E-state index < -0.39 is 5.97 Å². The molecule has 0 aliphatic heterocycles. The third-order valence-corrected chi connectivity index (χ3v) is 0.814. The molecule has 0 aliphatic carbocycles. The maximum atomic E-state index is 10.1. The summed E-state index contributed by atoms with van der Waals surface area (Å²) in [6, 6.07) is 0. The average Bonchev–Trinajstić information content (AvgIpc) is 1.88. The van der Waals surface area contributed by atoms with Crippen molar-refractivity contribution >= 4 is 5.97 Å². The quantitative estimate of drug-likeness (QED) is 0.314. The van der Waals surface area contributed by atoms with Gasteiger partial charge in [-0.05, 0) is 0 Å². The SMILES string of the molecule is C=CCOCC(=C)C(=O)O.[Zn]. The fourth-order valence-corrected chi connectivity index (χ4v) is 0.327. The Morgan fingerprint density at radius 2 is 2.18 bits per heavy atom. The van der Waals surface area contributed by atoms with E-state index in [1.165, 1.54) is 0 Å². The minimum Gasteiger partial charge on any atom is -0.478 e. The van der Waals surface area contributed by atoms with Crippen molar-refractivity contribution in [2.24, 2.45) is 0 Å². The Kier molecular flexibility index (Phi) is 9.13. The van der Waals surface area contributed by atoms with Gasteiger partial charge in [0, 0.05) is 19.5 Å². The van der Waals surface area contributed by atoms with E-state index in [0.29, 0.717) is 6.61 Å². The van der Waals surface area contributed by atoms with Gasteiger partial charge in [0.15, 0.2) is 0 Å². The first-order valence-corrected chi connectivity index (χ1v) is 2.78. The van der Waals surface area contributed by atoms with Crippen LogP contribution in [0.15, 0.2) is 24.8 Å². The number of carboxylic acid groups (broad SMARTS) is 1. The summed E-state index contributed by atoms with van der Waals surface area (Å²) in [6.45, 7) is 7.08. The van der Waals surface area contributed by atoms with Gasteiger partial charge in [-0.3, -0.25) is 0 Å². The van der Waals surface area contributed by atoms with Crippen molar-refractivity contribution in [2.75, 3.05) is 13.2 Å². The first-order valence-electron chi connectivity index (χ1n) is 2.78. The Balaban J connectivity index is 0. The van der Waals surface area contributed by atoms with E-state index in [1.807, 2.05) is 0 Å². The summed E-state index contributed by atoms with van der Waals surface area (Å²) >= 11 is 0. The minimum atomic E-state index is -1.02. The second-order valence-corrected chi connectivity index (χ2v) is 1.71. The number of aliphatic carboxylic acids is 1. The van der Waals surface area contributed by atoms with Crippen LogP contribution in [-0.2, 0) is 29.0 Å². The Morgan fingerprint density at radius 3 is 2.55 bits per heavy atom. The van der Waals surface area contributed by atoms with E-state index in [9.17, 15) is 4.79 Å². The number of hydrogen-bond donors (Lipinski definition) is 1. The molecule has 0 spiro atoms. The summed E-state index contributed by atoms with van der Waals surface area (Å²) in [7, 11) is 0. The zero-order chi connectivity index (χ0) is 7.98. The molecule has 0 radical (unpaired) electrons. The van der Waals surface area contributed by atoms with Gasteiger partial charge in [0.1, 0.15) is 0 Å².